The van der Waals surface area contributed by atoms with Crippen molar-refractivity contribution in [1.29, 1.82) is 0 Å². The average Bonchev–Trinajstić information content (AvgIpc) is 2.41. The highest BCUT2D eigenvalue weighted by molar-refractivity contribution is 6.73. The van der Waals surface area contributed by atoms with Crippen LogP contribution in [0.25, 0.3) is 0 Å². The van der Waals surface area contributed by atoms with E-state index in [1.54, 1.807) is 0 Å². The Balaban J connectivity index is 2.52. The normalized spacial score (nSPS) is 20.7. The molecule has 2 heteroatoms. The van der Waals surface area contributed by atoms with Gasteiger partial charge in [-0.2, -0.15) is 0 Å². The fraction of sp³-hybridized carbons (Fsp3) is 0.750. The van der Waals surface area contributed by atoms with E-state index in [0.717, 1.165) is 5.92 Å². The summed E-state index contributed by atoms with van der Waals surface area (Å²) in [7, 11) is -1.43. The Morgan fingerprint density at radius 2 is 1.72 bits per heavy atom. The van der Waals surface area contributed by atoms with Crippen molar-refractivity contribution in [2.75, 3.05) is 0 Å². The zero-order valence-corrected chi connectivity index (χ0v) is 13.7. The van der Waals surface area contributed by atoms with E-state index in [1.165, 1.54) is 55.0 Å². The van der Waals surface area contributed by atoms with Gasteiger partial charge in [-0.3, -0.25) is 0 Å². The fourth-order valence-electron chi connectivity index (χ4n) is 2.81. The van der Waals surface area contributed by atoms with Crippen LogP contribution in [0.1, 0.15) is 53.4 Å². The Morgan fingerprint density at radius 3 is 2.11 bits per heavy atom. The standard InChI is InChI=1S/C16H30OSi/c1-6-18(7-2,8-3)17-13-15-9-11-16(12-10-15)14(4)5/h13,16H,4,6-12H2,1-3,5H3. The van der Waals surface area contributed by atoms with Crippen LogP contribution >= 0.6 is 0 Å². The number of hydrogen-bond acceptors (Lipinski definition) is 1. The molecule has 1 nitrogen and oxygen atoms in total. The summed E-state index contributed by atoms with van der Waals surface area (Å²) in [6.45, 7) is 13.1. The molecule has 0 amide bonds. The summed E-state index contributed by atoms with van der Waals surface area (Å²) in [4.78, 5) is 0. The first kappa shape index (κ1) is 15.6. The van der Waals surface area contributed by atoms with Crippen LogP contribution < -0.4 is 0 Å². The molecule has 1 rings (SSSR count). The Kier molecular flexibility index (Phi) is 6.20. The summed E-state index contributed by atoms with van der Waals surface area (Å²) in [5.74, 6) is 0.743. The van der Waals surface area contributed by atoms with E-state index in [-0.39, 0.29) is 0 Å². The quantitative estimate of drug-likeness (QED) is 0.342. The number of hydrogen-bond donors (Lipinski definition) is 0. The summed E-state index contributed by atoms with van der Waals surface area (Å²) in [5, 5.41) is 0. The molecule has 0 aromatic heterocycles. The van der Waals surface area contributed by atoms with Crippen molar-refractivity contribution in [2.45, 2.75) is 71.5 Å². The van der Waals surface area contributed by atoms with Crippen LogP contribution in [0, 0.1) is 5.92 Å². The third-order valence-corrected chi connectivity index (χ3v) is 9.22. The first-order valence-corrected chi connectivity index (χ1v) is 10.1. The van der Waals surface area contributed by atoms with E-state index >= 15 is 0 Å². The Bertz CT molecular complexity index is 284. The van der Waals surface area contributed by atoms with Gasteiger partial charge in [0.2, 0.25) is 8.32 Å². The highest BCUT2D eigenvalue weighted by Gasteiger charge is 2.29. The molecule has 0 unspecified atom stereocenters. The molecule has 0 aromatic rings. The molecule has 0 aliphatic heterocycles. The second-order valence-electron chi connectivity index (χ2n) is 5.76. The number of allylic oxidation sites excluding steroid dienone is 2. The zero-order valence-electron chi connectivity index (χ0n) is 12.7. The van der Waals surface area contributed by atoms with Crippen molar-refractivity contribution in [3.05, 3.63) is 24.0 Å². The molecule has 1 aliphatic carbocycles. The van der Waals surface area contributed by atoms with E-state index < -0.39 is 8.32 Å². The van der Waals surface area contributed by atoms with Gasteiger partial charge in [0.1, 0.15) is 0 Å². The second kappa shape index (κ2) is 7.18. The minimum Gasteiger partial charge on any atom is -0.549 e. The van der Waals surface area contributed by atoms with Crippen molar-refractivity contribution in [1.82, 2.24) is 0 Å². The first-order valence-electron chi connectivity index (χ1n) is 7.58. The molecule has 1 saturated carbocycles. The Labute approximate surface area is 114 Å². The molecule has 1 fully saturated rings. The SMILES string of the molecule is C=C(C)C1CCC(=CO[Si](CC)(CC)CC)CC1. The molecular formula is C16H30OSi. The number of rotatable bonds is 6. The van der Waals surface area contributed by atoms with Crippen LogP contribution in [0.4, 0.5) is 0 Å². The van der Waals surface area contributed by atoms with Crippen LogP contribution in [-0.4, -0.2) is 8.32 Å². The molecule has 0 saturated heterocycles. The van der Waals surface area contributed by atoms with Gasteiger partial charge < -0.3 is 4.43 Å². The van der Waals surface area contributed by atoms with Gasteiger partial charge in [-0.15, -0.1) is 0 Å². The maximum Gasteiger partial charge on any atom is 0.249 e. The van der Waals surface area contributed by atoms with Gasteiger partial charge in [0.25, 0.3) is 0 Å². The van der Waals surface area contributed by atoms with Crippen molar-refractivity contribution in [3.8, 4) is 0 Å². The topological polar surface area (TPSA) is 9.23 Å². The van der Waals surface area contributed by atoms with Gasteiger partial charge in [0.05, 0.1) is 6.26 Å². The molecular weight excluding hydrogens is 236 g/mol. The first-order chi connectivity index (χ1) is 8.56. The molecule has 0 radical (unpaired) electrons. The molecule has 104 valence electrons. The van der Waals surface area contributed by atoms with Crippen molar-refractivity contribution in [3.63, 3.8) is 0 Å². The van der Waals surface area contributed by atoms with Crippen molar-refractivity contribution < 1.29 is 4.43 Å². The van der Waals surface area contributed by atoms with Gasteiger partial charge in [0, 0.05) is 0 Å². The molecule has 0 heterocycles. The summed E-state index contributed by atoms with van der Waals surface area (Å²) < 4.78 is 6.27. The largest absolute Gasteiger partial charge is 0.549 e. The van der Waals surface area contributed by atoms with Crippen molar-refractivity contribution >= 4 is 8.32 Å². The molecule has 0 spiro atoms. The van der Waals surface area contributed by atoms with E-state index in [9.17, 15) is 0 Å². The highest BCUT2D eigenvalue weighted by atomic mass is 28.4. The van der Waals surface area contributed by atoms with Gasteiger partial charge in [-0.25, -0.2) is 0 Å². The van der Waals surface area contributed by atoms with Crippen molar-refractivity contribution in [2.24, 2.45) is 5.92 Å². The van der Waals surface area contributed by atoms with E-state index in [0.29, 0.717) is 0 Å². The smallest absolute Gasteiger partial charge is 0.249 e. The molecule has 0 aromatic carbocycles. The summed E-state index contributed by atoms with van der Waals surface area (Å²) in [6, 6.07) is 3.70. The summed E-state index contributed by atoms with van der Waals surface area (Å²) in [6.07, 6.45) is 7.09. The minimum absolute atomic E-state index is 0.743. The van der Waals surface area contributed by atoms with Crippen LogP contribution in [0.3, 0.4) is 0 Å². The minimum atomic E-state index is -1.43. The molecule has 1 aliphatic rings. The van der Waals surface area contributed by atoms with E-state index in [4.69, 9.17) is 4.43 Å². The maximum atomic E-state index is 6.27. The Morgan fingerprint density at radius 1 is 1.22 bits per heavy atom. The maximum absolute atomic E-state index is 6.27. The Hall–Kier alpha value is -0.503. The fourth-order valence-corrected chi connectivity index (χ4v) is 5.22. The van der Waals surface area contributed by atoms with Crippen LogP contribution in [0.5, 0.6) is 0 Å². The summed E-state index contributed by atoms with van der Waals surface area (Å²) in [5.41, 5.74) is 2.88. The predicted octanol–water partition coefficient (Wildman–Crippen LogP) is 5.66. The third-order valence-electron chi connectivity index (χ3n) is 4.73. The molecule has 0 N–H and O–H groups in total. The lowest BCUT2D eigenvalue weighted by Crippen LogP contribution is -2.33. The lowest BCUT2D eigenvalue weighted by molar-refractivity contribution is 0.417. The molecule has 18 heavy (non-hydrogen) atoms. The van der Waals surface area contributed by atoms with Crippen LogP contribution in [-0.2, 0) is 4.43 Å². The van der Waals surface area contributed by atoms with E-state index in [1.807, 2.05) is 0 Å². The zero-order chi connectivity index (χ0) is 13.6. The van der Waals surface area contributed by atoms with Gasteiger partial charge in [-0.05, 0) is 62.2 Å². The second-order valence-corrected chi connectivity index (χ2v) is 10.5. The highest BCUT2D eigenvalue weighted by Crippen LogP contribution is 2.33. The van der Waals surface area contributed by atoms with Gasteiger partial charge >= 0.3 is 0 Å². The monoisotopic (exact) mass is 266 g/mol. The lowest BCUT2D eigenvalue weighted by Gasteiger charge is -2.29. The lowest BCUT2D eigenvalue weighted by atomic mass is 9.83. The average molecular weight is 267 g/mol. The summed E-state index contributed by atoms with van der Waals surface area (Å²) >= 11 is 0. The van der Waals surface area contributed by atoms with Gasteiger partial charge in [-0.1, -0.05) is 32.9 Å². The van der Waals surface area contributed by atoms with Crippen LogP contribution in [0.2, 0.25) is 18.1 Å². The van der Waals surface area contributed by atoms with Gasteiger partial charge in [0.15, 0.2) is 0 Å². The predicted molar refractivity (Wildman–Crippen MR) is 83.1 cm³/mol. The third kappa shape index (κ3) is 4.01. The molecule has 0 bridgehead atoms. The molecule has 0 atom stereocenters. The van der Waals surface area contributed by atoms with Crippen LogP contribution in [0.15, 0.2) is 24.0 Å². The van der Waals surface area contributed by atoms with E-state index in [2.05, 4.69) is 40.5 Å².